The highest BCUT2D eigenvalue weighted by Crippen LogP contribution is 2.25. The number of piperidine rings is 1. The van der Waals surface area contributed by atoms with Gasteiger partial charge in [-0.2, -0.15) is 0 Å². The first-order valence-corrected chi connectivity index (χ1v) is 10.3. The minimum Gasteiger partial charge on any atom is -0.450 e. The number of para-hydroxylation sites is 2. The van der Waals surface area contributed by atoms with Gasteiger partial charge >= 0.3 is 6.09 Å². The Bertz CT molecular complexity index is 898. The van der Waals surface area contributed by atoms with Crippen LogP contribution in [0.5, 0.6) is 0 Å². The van der Waals surface area contributed by atoms with Gasteiger partial charge in [0, 0.05) is 24.0 Å². The summed E-state index contributed by atoms with van der Waals surface area (Å²) >= 11 is 1.76. The van der Waals surface area contributed by atoms with Crippen LogP contribution in [0.15, 0.2) is 41.8 Å². The molecule has 1 saturated heterocycles. The summed E-state index contributed by atoms with van der Waals surface area (Å²) in [5.74, 6) is 0.902. The van der Waals surface area contributed by atoms with Crippen molar-refractivity contribution in [1.82, 2.24) is 14.5 Å². The second-order valence-corrected chi connectivity index (χ2v) is 7.73. The first-order valence-electron chi connectivity index (χ1n) is 9.40. The molecule has 1 aliphatic rings. The molecule has 0 atom stereocenters. The zero-order valence-corrected chi connectivity index (χ0v) is 16.2. The number of hydrogen-bond donors (Lipinski definition) is 1. The van der Waals surface area contributed by atoms with Crippen molar-refractivity contribution in [2.75, 3.05) is 25.0 Å². The number of imidazole rings is 1. The number of nitrogens with zero attached hydrogens (tertiary/aromatic N) is 3. The minimum atomic E-state index is -0.208. The van der Waals surface area contributed by atoms with Crippen LogP contribution >= 0.6 is 11.3 Å². The molecule has 4 rings (SSSR count). The molecule has 1 N–H and O–H groups in total. The Kier molecular flexibility index (Phi) is 5.29. The molecule has 1 aliphatic heterocycles. The summed E-state index contributed by atoms with van der Waals surface area (Å²) in [4.78, 5) is 19.8. The van der Waals surface area contributed by atoms with Gasteiger partial charge in [0.15, 0.2) is 0 Å². The first-order chi connectivity index (χ1) is 13.2. The lowest BCUT2D eigenvalue weighted by molar-refractivity contribution is 0.0983. The van der Waals surface area contributed by atoms with Crippen molar-refractivity contribution in [3.8, 4) is 0 Å². The molecule has 1 aromatic carbocycles. The van der Waals surface area contributed by atoms with Gasteiger partial charge in [-0.15, -0.1) is 11.3 Å². The molecule has 27 heavy (non-hydrogen) atoms. The highest BCUT2D eigenvalue weighted by molar-refractivity contribution is 7.09. The van der Waals surface area contributed by atoms with Gasteiger partial charge < -0.3 is 19.5 Å². The number of hydrogen-bond acceptors (Lipinski definition) is 5. The second kappa shape index (κ2) is 8.00. The van der Waals surface area contributed by atoms with Crippen molar-refractivity contribution < 1.29 is 9.53 Å². The van der Waals surface area contributed by atoms with E-state index in [9.17, 15) is 4.79 Å². The number of amides is 1. The van der Waals surface area contributed by atoms with Gasteiger partial charge in [-0.25, -0.2) is 9.78 Å². The molecular weight excluding hydrogens is 360 g/mol. The van der Waals surface area contributed by atoms with Crippen molar-refractivity contribution >= 4 is 34.4 Å². The molecule has 3 heterocycles. The van der Waals surface area contributed by atoms with Crippen LogP contribution in [0.3, 0.4) is 0 Å². The van der Waals surface area contributed by atoms with E-state index in [-0.39, 0.29) is 6.09 Å². The number of fused-ring (bicyclic) bond motifs is 1. The monoisotopic (exact) mass is 384 g/mol. The summed E-state index contributed by atoms with van der Waals surface area (Å²) in [6.07, 6.45) is 1.57. The fourth-order valence-electron chi connectivity index (χ4n) is 3.51. The van der Waals surface area contributed by atoms with Gasteiger partial charge in [0.2, 0.25) is 5.95 Å². The van der Waals surface area contributed by atoms with Crippen molar-refractivity contribution in [1.29, 1.82) is 0 Å². The van der Waals surface area contributed by atoms with E-state index in [2.05, 4.69) is 45.6 Å². The smallest absolute Gasteiger partial charge is 0.409 e. The van der Waals surface area contributed by atoms with Crippen molar-refractivity contribution in [2.45, 2.75) is 32.4 Å². The van der Waals surface area contributed by atoms with E-state index in [0.717, 1.165) is 36.4 Å². The van der Waals surface area contributed by atoms with E-state index in [1.54, 1.807) is 16.2 Å². The average molecular weight is 385 g/mol. The van der Waals surface area contributed by atoms with E-state index >= 15 is 0 Å². The number of rotatable bonds is 5. The van der Waals surface area contributed by atoms with E-state index in [0.29, 0.717) is 25.7 Å². The molecule has 7 heteroatoms. The van der Waals surface area contributed by atoms with E-state index in [1.807, 2.05) is 13.0 Å². The Morgan fingerprint density at radius 2 is 2.07 bits per heavy atom. The Hall–Kier alpha value is -2.54. The normalized spacial score (nSPS) is 15.2. The van der Waals surface area contributed by atoms with Gasteiger partial charge in [0.1, 0.15) is 0 Å². The number of anilines is 1. The lowest BCUT2D eigenvalue weighted by atomic mass is 10.1. The Morgan fingerprint density at radius 1 is 1.26 bits per heavy atom. The molecule has 6 nitrogen and oxygen atoms in total. The molecule has 0 spiro atoms. The summed E-state index contributed by atoms with van der Waals surface area (Å²) in [5.41, 5.74) is 2.14. The molecule has 0 bridgehead atoms. The highest BCUT2D eigenvalue weighted by atomic mass is 32.1. The molecule has 0 saturated carbocycles. The standard InChI is InChI=1S/C20H24N4O2S/c1-2-26-20(25)23-11-9-15(10-12-23)21-19-22-17-7-3-4-8-18(17)24(19)14-16-6-5-13-27-16/h3-8,13,15H,2,9-12,14H2,1H3,(H,21,22). The Labute approximate surface area is 162 Å². The van der Waals surface area contributed by atoms with E-state index < -0.39 is 0 Å². The number of carbonyl (C=O) groups is 1. The van der Waals surface area contributed by atoms with Crippen molar-refractivity contribution in [2.24, 2.45) is 0 Å². The minimum absolute atomic E-state index is 0.208. The topological polar surface area (TPSA) is 59.4 Å². The average Bonchev–Trinajstić information content (AvgIpc) is 3.31. The number of ether oxygens (including phenoxy) is 1. The number of carbonyl (C=O) groups excluding carboxylic acids is 1. The number of aromatic nitrogens is 2. The van der Waals surface area contributed by atoms with Crippen LogP contribution < -0.4 is 5.32 Å². The maximum Gasteiger partial charge on any atom is 0.409 e. The van der Waals surface area contributed by atoms with Crippen LogP contribution in [0, 0.1) is 0 Å². The molecule has 0 radical (unpaired) electrons. The quantitative estimate of drug-likeness (QED) is 0.717. The first kappa shape index (κ1) is 17.9. The van der Waals surface area contributed by atoms with Crippen LogP contribution in [-0.2, 0) is 11.3 Å². The van der Waals surface area contributed by atoms with Gasteiger partial charge in [0.25, 0.3) is 0 Å². The summed E-state index contributed by atoms with van der Waals surface area (Å²) < 4.78 is 7.35. The molecule has 0 unspecified atom stereocenters. The van der Waals surface area contributed by atoms with Crippen molar-refractivity contribution in [3.63, 3.8) is 0 Å². The van der Waals surface area contributed by atoms with Crippen LogP contribution in [0.1, 0.15) is 24.6 Å². The molecule has 1 amide bonds. The third-order valence-electron chi connectivity index (χ3n) is 4.90. The maximum atomic E-state index is 11.9. The lowest BCUT2D eigenvalue weighted by Crippen LogP contribution is -2.42. The summed E-state index contributed by atoms with van der Waals surface area (Å²) in [7, 11) is 0. The number of nitrogens with one attached hydrogen (secondary N) is 1. The molecule has 0 aliphatic carbocycles. The lowest BCUT2D eigenvalue weighted by Gasteiger charge is -2.31. The summed E-state index contributed by atoms with van der Waals surface area (Å²) in [6.45, 7) is 4.49. The molecule has 1 fully saturated rings. The largest absolute Gasteiger partial charge is 0.450 e. The Morgan fingerprint density at radius 3 is 2.81 bits per heavy atom. The van der Waals surface area contributed by atoms with Crippen LogP contribution in [0.25, 0.3) is 11.0 Å². The van der Waals surface area contributed by atoms with Gasteiger partial charge in [-0.05, 0) is 43.3 Å². The number of likely N-dealkylation sites (tertiary alicyclic amines) is 1. The SMILES string of the molecule is CCOC(=O)N1CCC(Nc2nc3ccccc3n2Cc2cccs2)CC1. The molecule has 2 aromatic heterocycles. The molecule has 3 aromatic rings. The van der Waals surface area contributed by atoms with Gasteiger partial charge in [-0.1, -0.05) is 18.2 Å². The van der Waals surface area contributed by atoms with Gasteiger partial charge in [0.05, 0.1) is 24.2 Å². The fourth-order valence-corrected chi connectivity index (χ4v) is 4.20. The maximum absolute atomic E-state index is 11.9. The Balaban J connectivity index is 1.50. The highest BCUT2D eigenvalue weighted by Gasteiger charge is 2.24. The number of thiophene rings is 1. The zero-order valence-electron chi connectivity index (χ0n) is 15.4. The van der Waals surface area contributed by atoms with E-state index in [4.69, 9.17) is 9.72 Å². The predicted octanol–water partition coefficient (Wildman–Crippen LogP) is 4.18. The van der Waals surface area contributed by atoms with Crippen LogP contribution in [-0.4, -0.2) is 46.3 Å². The predicted molar refractivity (Wildman–Crippen MR) is 108 cm³/mol. The summed E-state index contributed by atoms with van der Waals surface area (Å²) in [6, 6.07) is 12.8. The van der Waals surface area contributed by atoms with Crippen LogP contribution in [0.4, 0.5) is 10.7 Å². The third kappa shape index (κ3) is 3.93. The number of benzene rings is 1. The fraction of sp³-hybridized carbons (Fsp3) is 0.400. The molecular formula is C20H24N4O2S. The summed E-state index contributed by atoms with van der Waals surface area (Å²) in [5, 5.41) is 5.72. The zero-order chi connectivity index (χ0) is 18.6. The molecule has 142 valence electrons. The van der Waals surface area contributed by atoms with E-state index in [1.165, 1.54) is 4.88 Å². The second-order valence-electron chi connectivity index (χ2n) is 6.69. The van der Waals surface area contributed by atoms with Crippen LogP contribution in [0.2, 0.25) is 0 Å². The van der Waals surface area contributed by atoms with Crippen molar-refractivity contribution in [3.05, 3.63) is 46.7 Å². The third-order valence-corrected chi connectivity index (χ3v) is 5.76. The van der Waals surface area contributed by atoms with Gasteiger partial charge in [-0.3, -0.25) is 0 Å².